The van der Waals surface area contributed by atoms with Crippen LogP contribution in [0.2, 0.25) is 0 Å². The van der Waals surface area contributed by atoms with Gasteiger partial charge in [0, 0.05) is 6.54 Å². The Hall–Kier alpha value is -1.10. The summed E-state index contributed by atoms with van der Waals surface area (Å²) in [5.41, 5.74) is 5.20. The standard InChI is InChI=1S/C15H27N3O2/c1-10(9-16)18-12(19)15(17-13(18)20)7-5-11(6-8-15)14(2,3)4/h10-11H,5-9,16H2,1-4H3,(H,17,20). The molecule has 5 nitrogen and oxygen atoms in total. The normalized spacial score (nSPS) is 32.6. The van der Waals surface area contributed by atoms with Gasteiger partial charge in [0.25, 0.3) is 5.91 Å². The zero-order valence-electron chi connectivity index (χ0n) is 13.0. The first-order chi connectivity index (χ1) is 9.21. The van der Waals surface area contributed by atoms with Gasteiger partial charge in [0.15, 0.2) is 0 Å². The van der Waals surface area contributed by atoms with E-state index in [0.717, 1.165) is 25.7 Å². The number of hydrogen-bond acceptors (Lipinski definition) is 3. The van der Waals surface area contributed by atoms with Crippen LogP contribution in [0, 0.1) is 11.3 Å². The summed E-state index contributed by atoms with van der Waals surface area (Å²) < 4.78 is 0. The molecule has 0 aromatic heterocycles. The molecule has 1 atom stereocenters. The Bertz CT molecular complexity index is 406. The van der Waals surface area contributed by atoms with Crippen molar-refractivity contribution in [2.45, 2.75) is 65.0 Å². The molecule has 3 amide bonds. The number of urea groups is 1. The highest BCUT2D eigenvalue weighted by Gasteiger charge is 2.54. The number of rotatable bonds is 2. The fraction of sp³-hybridized carbons (Fsp3) is 0.867. The smallest absolute Gasteiger partial charge is 0.325 e. The molecule has 0 radical (unpaired) electrons. The Morgan fingerprint density at radius 2 is 1.90 bits per heavy atom. The molecule has 1 aliphatic heterocycles. The number of carbonyl (C=O) groups is 2. The summed E-state index contributed by atoms with van der Waals surface area (Å²) in [7, 11) is 0. The molecular weight excluding hydrogens is 254 g/mol. The largest absolute Gasteiger partial charge is 0.328 e. The topological polar surface area (TPSA) is 75.4 Å². The molecule has 0 aromatic carbocycles. The third-order valence-electron chi connectivity index (χ3n) is 5.04. The van der Waals surface area contributed by atoms with Crippen molar-refractivity contribution in [2.24, 2.45) is 17.1 Å². The van der Waals surface area contributed by atoms with Crippen molar-refractivity contribution < 1.29 is 9.59 Å². The van der Waals surface area contributed by atoms with Crippen molar-refractivity contribution in [1.29, 1.82) is 0 Å². The summed E-state index contributed by atoms with van der Waals surface area (Å²) in [6.07, 6.45) is 3.46. The van der Waals surface area contributed by atoms with Crippen molar-refractivity contribution in [3.63, 3.8) is 0 Å². The lowest BCUT2D eigenvalue weighted by Gasteiger charge is -2.40. The van der Waals surface area contributed by atoms with Gasteiger partial charge in [-0.3, -0.25) is 9.69 Å². The van der Waals surface area contributed by atoms with Crippen molar-refractivity contribution in [3.8, 4) is 0 Å². The minimum absolute atomic E-state index is 0.0761. The average molecular weight is 281 g/mol. The summed E-state index contributed by atoms with van der Waals surface area (Å²) in [4.78, 5) is 26.0. The van der Waals surface area contributed by atoms with Crippen molar-refractivity contribution in [3.05, 3.63) is 0 Å². The molecule has 1 spiro atoms. The summed E-state index contributed by atoms with van der Waals surface area (Å²) in [5.74, 6) is 0.534. The second-order valence-electron chi connectivity index (χ2n) is 7.41. The molecule has 0 aromatic rings. The number of hydrogen-bond donors (Lipinski definition) is 2. The molecule has 1 unspecified atom stereocenters. The predicted octanol–water partition coefficient (Wildman–Crippen LogP) is 1.86. The van der Waals surface area contributed by atoms with E-state index in [2.05, 4.69) is 26.1 Å². The van der Waals surface area contributed by atoms with Crippen LogP contribution in [0.15, 0.2) is 0 Å². The van der Waals surface area contributed by atoms with E-state index >= 15 is 0 Å². The lowest BCUT2D eigenvalue weighted by molar-refractivity contribution is -0.134. The van der Waals surface area contributed by atoms with Gasteiger partial charge in [-0.2, -0.15) is 0 Å². The van der Waals surface area contributed by atoms with Gasteiger partial charge < -0.3 is 11.1 Å². The molecule has 5 heteroatoms. The summed E-state index contributed by atoms with van der Waals surface area (Å²) >= 11 is 0. The molecule has 114 valence electrons. The minimum atomic E-state index is -0.664. The van der Waals surface area contributed by atoms with Crippen LogP contribution in [0.4, 0.5) is 4.79 Å². The second kappa shape index (κ2) is 5.02. The maximum atomic E-state index is 12.6. The number of nitrogens with one attached hydrogen (secondary N) is 1. The molecule has 3 N–H and O–H groups in total. The monoisotopic (exact) mass is 281 g/mol. The Morgan fingerprint density at radius 1 is 1.35 bits per heavy atom. The van der Waals surface area contributed by atoms with Gasteiger partial charge in [0.1, 0.15) is 5.54 Å². The number of amides is 3. The minimum Gasteiger partial charge on any atom is -0.328 e. The van der Waals surface area contributed by atoms with E-state index in [0.29, 0.717) is 12.5 Å². The number of imide groups is 1. The van der Waals surface area contributed by atoms with E-state index in [1.807, 2.05) is 6.92 Å². The molecule has 2 rings (SSSR count). The highest BCUT2D eigenvalue weighted by molar-refractivity contribution is 6.07. The second-order valence-corrected chi connectivity index (χ2v) is 7.41. The highest BCUT2D eigenvalue weighted by atomic mass is 16.2. The van der Waals surface area contributed by atoms with Gasteiger partial charge in [-0.15, -0.1) is 0 Å². The molecule has 2 fully saturated rings. The Kier molecular flexibility index (Phi) is 3.84. The van der Waals surface area contributed by atoms with Crippen molar-refractivity contribution in [2.75, 3.05) is 6.54 Å². The van der Waals surface area contributed by atoms with E-state index in [1.54, 1.807) is 0 Å². The fourth-order valence-electron chi connectivity index (χ4n) is 3.46. The molecule has 2 aliphatic rings. The first-order valence-corrected chi connectivity index (χ1v) is 7.57. The number of nitrogens with zero attached hydrogens (tertiary/aromatic N) is 1. The first kappa shape index (κ1) is 15.3. The van der Waals surface area contributed by atoms with E-state index in [-0.39, 0.29) is 23.4 Å². The molecule has 1 heterocycles. The zero-order chi connectivity index (χ0) is 15.1. The summed E-state index contributed by atoms with van der Waals surface area (Å²) in [5, 5.41) is 2.94. The molecule has 0 bridgehead atoms. The maximum Gasteiger partial charge on any atom is 0.325 e. The Labute approximate surface area is 121 Å². The van der Waals surface area contributed by atoms with Crippen LogP contribution in [0.3, 0.4) is 0 Å². The lowest BCUT2D eigenvalue weighted by Crippen LogP contribution is -2.51. The Balaban J connectivity index is 2.12. The fourth-order valence-corrected chi connectivity index (χ4v) is 3.46. The predicted molar refractivity (Wildman–Crippen MR) is 78.0 cm³/mol. The van der Waals surface area contributed by atoms with Crippen LogP contribution in [-0.4, -0.2) is 35.0 Å². The Morgan fingerprint density at radius 3 is 2.35 bits per heavy atom. The number of carbonyl (C=O) groups excluding carboxylic acids is 2. The van der Waals surface area contributed by atoms with Crippen molar-refractivity contribution in [1.82, 2.24) is 10.2 Å². The van der Waals surface area contributed by atoms with Gasteiger partial charge in [-0.05, 0) is 43.9 Å². The highest BCUT2D eigenvalue weighted by Crippen LogP contribution is 2.43. The van der Waals surface area contributed by atoms with E-state index in [1.165, 1.54) is 4.90 Å². The average Bonchev–Trinajstić information content (AvgIpc) is 2.60. The van der Waals surface area contributed by atoms with Gasteiger partial charge in [-0.25, -0.2) is 4.79 Å². The van der Waals surface area contributed by atoms with Crippen LogP contribution in [-0.2, 0) is 4.79 Å². The quantitative estimate of drug-likeness (QED) is 0.759. The van der Waals surface area contributed by atoms with Crippen molar-refractivity contribution >= 4 is 11.9 Å². The lowest BCUT2D eigenvalue weighted by atomic mass is 9.67. The van der Waals surface area contributed by atoms with Gasteiger partial charge in [-0.1, -0.05) is 20.8 Å². The van der Waals surface area contributed by atoms with E-state index < -0.39 is 5.54 Å². The zero-order valence-corrected chi connectivity index (χ0v) is 13.0. The van der Waals surface area contributed by atoms with Gasteiger partial charge in [0.05, 0.1) is 6.04 Å². The summed E-state index contributed by atoms with van der Waals surface area (Å²) in [6, 6.07) is -0.510. The van der Waals surface area contributed by atoms with Crippen LogP contribution in [0.1, 0.15) is 53.4 Å². The van der Waals surface area contributed by atoms with Crippen LogP contribution in [0.25, 0.3) is 0 Å². The SMILES string of the molecule is CC(CN)N1C(=O)NC2(CCC(C(C)(C)C)CC2)C1=O. The van der Waals surface area contributed by atoms with Crippen LogP contribution < -0.4 is 11.1 Å². The maximum absolute atomic E-state index is 12.6. The molecule has 1 saturated heterocycles. The number of nitrogens with two attached hydrogens (primary N) is 1. The first-order valence-electron chi connectivity index (χ1n) is 7.57. The van der Waals surface area contributed by atoms with Gasteiger partial charge >= 0.3 is 6.03 Å². The molecule has 20 heavy (non-hydrogen) atoms. The third-order valence-corrected chi connectivity index (χ3v) is 5.04. The molecular formula is C15H27N3O2. The van der Waals surface area contributed by atoms with Gasteiger partial charge in [0.2, 0.25) is 0 Å². The van der Waals surface area contributed by atoms with Crippen LogP contribution in [0.5, 0.6) is 0 Å². The molecule has 1 aliphatic carbocycles. The van der Waals surface area contributed by atoms with E-state index in [9.17, 15) is 9.59 Å². The van der Waals surface area contributed by atoms with Crippen LogP contribution >= 0.6 is 0 Å². The molecule has 1 saturated carbocycles. The summed E-state index contributed by atoms with van der Waals surface area (Å²) in [6.45, 7) is 8.85. The van der Waals surface area contributed by atoms with E-state index in [4.69, 9.17) is 5.73 Å². The third kappa shape index (κ3) is 2.43.